The molecule has 0 unspecified atom stereocenters. The molecule has 278 valence electrons. The third-order valence-corrected chi connectivity index (χ3v) is 10.3. The monoisotopic (exact) mass is 714 g/mol. The van der Waals surface area contributed by atoms with E-state index < -0.39 is 24.3 Å². The summed E-state index contributed by atoms with van der Waals surface area (Å²) < 4.78 is 9.52. The van der Waals surface area contributed by atoms with Gasteiger partial charge in [0.25, 0.3) is 0 Å². The van der Waals surface area contributed by atoms with Crippen LogP contribution in [0.15, 0.2) is 36.4 Å². The van der Waals surface area contributed by atoms with Crippen LogP contribution in [0.25, 0.3) is 22.1 Å². The number of fused-ring (bicyclic) bond motifs is 2. The number of benzene rings is 2. The molecule has 6 rings (SSSR count). The maximum Gasteiger partial charge on any atom is 0.407 e. The number of hydrogen-bond donors (Lipinski definition) is 4. The van der Waals surface area contributed by atoms with Crippen molar-refractivity contribution in [3.8, 4) is 0 Å². The number of nitrogens with one attached hydrogen (secondary N) is 4. The lowest BCUT2D eigenvalue weighted by Gasteiger charge is -2.29. The quantitative estimate of drug-likeness (QED) is 0.162. The Hall–Kier alpha value is -5.14. The highest BCUT2D eigenvalue weighted by molar-refractivity contribution is 5.87. The van der Waals surface area contributed by atoms with Crippen molar-refractivity contribution in [2.45, 2.75) is 90.4 Å². The van der Waals surface area contributed by atoms with Crippen LogP contribution in [0, 0.1) is 11.8 Å². The zero-order valence-corrected chi connectivity index (χ0v) is 30.8. The molecule has 2 aromatic heterocycles. The van der Waals surface area contributed by atoms with E-state index in [0.717, 1.165) is 83.4 Å². The molecule has 4 aromatic rings. The van der Waals surface area contributed by atoms with Crippen molar-refractivity contribution in [2.75, 3.05) is 27.3 Å². The molecule has 2 fully saturated rings. The van der Waals surface area contributed by atoms with Gasteiger partial charge in [0.15, 0.2) is 0 Å². The van der Waals surface area contributed by atoms with Gasteiger partial charge in [-0.2, -0.15) is 0 Å². The fourth-order valence-electron chi connectivity index (χ4n) is 7.44. The number of alkyl carbamates (subject to hydrolysis) is 2. The van der Waals surface area contributed by atoms with Gasteiger partial charge in [0.05, 0.1) is 48.4 Å². The molecule has 0 bridgehead atoms. The van der Waals surface area contributed by atoms with Crippen LogP contribution in [0.4, 0.5) is 9.59 Å². The lowest BCUT2D eigenvalue weighted by atomic mass is 10.0. The van der Waals surface area contributed by atoms with Gasteiger partial charge < -0.3 is 39.9 Å². The second-order valence-corrected chi connectivity index (χ2v) is 14.5. The molecule has 4 atom stereocenters. The molecule has 4 amide bonds. The SMILES string of the molecule is COC(=O)N[C@H](C(=O)N1CCC[C@H]1c1nc2cc(CCc3ccc4[nH]c([C@@H]5CCCN5C(=O)[C@H](NC(=O)OC)C(C)C)nc4c3)ccc2[nH]1)C(C)C. The molecular formula is C38H50N8O6. The van der Waals surface area contributed by atoms with Gasteiger partial charge in [-0.25, -0.2) is 19.6 Å². The van der Waals surface area contributed by atoms with Crippen molar-refractivity contribution in [2.24, 2.45) is 11.8 Å². The number of aromatic amines is 2. The summed E-state index contributed by atoms with van der Waals surface area (Å²) in [7, 11) is 2.58. The highest BCUT2D eigenvalue weighted by Crippen LogP contribution is 2.34. The lowest BCUT2D eigenvalue weighted by molar-refractivity contribution is -0.136. The molecule has 0 aliphatic carbocycles. The van der Waals surface area contributed by atoms with E-state index in [2.05, 4.69) is 44.9 Å². The van der Waals surface area contributed by atoms with Gasteiger partial charge in [-0.1, -0.05) is 39.8 Å². The predicted molar refractivity (Wildman–Crippen MR) is 195 cm³/mol. The topological polar surface area (TPSA) is 175 Å². The molecule has 2 aliphatic rings. The summed E-state index contributed by atoms with van der Waals surface area (Å²) in [4.78, 5) is 71.4. The van der Waals surface area contributed by atoms with Crippen LogP contribution in [-0.2, 0) is 31.9 Å². The number of hydrogen-bond acceptors (Lipinski definition) is 8. The fourth-order valence-corrected chi connectivity index (χ4v) is 7.44. The third-order valence-electron chi connectivity index (χ3n) is 10.3. The number of nitrogens with zero attached hydrogens (tertiary/aromatic N) is 4. The number of ether oxygens (including phenoxy) is 2. The summed E-state index contributed by atoms with van der Waals surface area (Å²) in [6.45, 7) is 8.82. The molecule has 2 aromatic carbocycles. The average Bonchev–Trinajstić information content (AvgIpc) is 3.95. The zero-order valence-electron chi connectivity index (χ0n) is 30.8. The molecule has 0 radical (unpaired) electrons. The number of H-pyrrole nitrogens is 2. The minimum Gasteiger partial charge on any atom is -0.453 e. The molecule has 14 heteroatoms. The van der Waals surface area contributed by atoms with Gasteiger partial charge in [-0.3, -0.25) is 9.59 Å². The lowest BCUT2D eigenvalue weighted by Crippen LogP contribution is -2.51. The van der Waals surface area contributed by atoms with E-state index in [-0.39, 0.29) is 35.7 Å². The van der Waals surface area contributed by atoms with E-state index in [9.17, 15) is 19.2 Å². The molecule has 52 heavy (non-hydrogen) atoms. The molecule has 2 saturated heterocycles. The van der Waals surface area contributed by atoms with Crippen molar-refractivity contribution >= 4 is 46.1 Å². The summed E-state index contributed by atoms with van der Waals surface area (Å²) in [6.07, 6.45) is 3.66. The summed E-state index contributed by atoms with van der Waals surface area (Å²) in [5.41, 5.74) is 5.83. The maximum atomic E-state index is 13.6. The second kappa shape index (κ2) is 15.6. The van der Waals surface area contributed by atoms with Crippen LogP contribution in [0.3, 0.4) is 0 Å². The Labute approximate surface area is 303 Å². The van der Waals surface area contributed by atoms with Crippen LogP contribution in [0.5, 0.6) is 0 Å². The molecule has 4 heterocycles. The molecule has 4 N–H and O–H groups in total. The van der Waals surface area contributed by atoms with E-state index in [1.807, 2.05) is 49.6 Å². The van der Waals surface area contributed by atoms with Gasteiger partial charge in [-0.15, -0.1) is 0 Å². The Bertz CT molecular complexity index is 1800. The van der Waals surface area contributed by atoms with Gasteiger partial charge >= 0.3 is 12.2 Å². The number of likely N-dealkylation sites (tertiary alicyclic amines) is 2. The van der Waals surface area contributed by atoms with Crippen LogP contribution in [0.2, 0.25) is 0 Å². The minimum absolute atomic E-state index is 0.101. The first-order chi connectivity index (χ1) is 25.0. The second-order valence-electron chi connectivity index (χ2n) is 14.5. The van der Waals surface area contributed by atoms with E-state index in [1.165, 1.54) is 14.2 Å². The van der Waals surface area contributed by atoms with E-state index >= 15 is 0 Å². The molecule has 0 saturated carbocycles. The Kier molecular flexibility index (Phi) is 11.0. The number of amides is 4. The van der Waals surface area contributed by atoms with E-state index in [4.69, 9.17) is 19.4 Å². The van der Waals surface area contributed by atoms with Gasteiger partial charge in [-0.05, 0) is 85.8 Å². The fraction of sp³-hybridized carbons (Fsp3) is 0.526. The molecular weight excluding hydrogens is 664 g/mol. The zero-order chi connectivity index (χ0) is 37.1. The van der Waals surface area contributed by atoms with Gasteiger partial charge in [0.1, 0.15) is 23.7 Å². The van der Waals surface area contributed by atoms with E-state index in [0.29, 0.717) is 13.1 Å². The number of carbonyl (C=O) groups is 4. The van der Waals surface area contributed by atoms with Crippen molar-refractivity contribution < 1.29 is 28.7 Å². The van der Waals surface area contributed by atoms with Crippen LogP contribution < -0.4 is 10.6 Å². The van der Waals surface area contributed by atoms with Crippen molar-refractivity contribution in [1.29, 1.82) is 0 Å². The Balaban J connectivity index is 1.12. The highest BCUT2D eigenvalue weighted by Gasteiger charge is 2.39. The number of aryl methyl sites for hydroxylation is 2. The van der Waals surface area contributed by atoms with Crippen LogP contribution >= 0.6 is 0 Å². The van der Waals surface area contributed by atoms with Gasteiger partial charge in [0, 0.05) is 13.1 Å². The predicted octanol–water partition coefficient (Wildman–Crippen LogP) is 5.31. The largest absolute Gasteiger partial charge is 0.453 e. The molecule has 14 nitrogen and oxygen atoms in total. The Morgan fingerprint density at radius 3 is 1.48 bits per heavy atom. The average molecular weight is 715 g/mol. The van der Waals surface area contributed by atoms with E-state index in [1.54, 1.807) is 0 Å². The first-order valence-electron chi connectivity index (χ1n) is 18.2. The standard InChI is InChI=1S/C38H50N8O6/c1-21(2)31(43-37(49)51-5)35(47)45-17-7-9-29(45)33-39-25-15-13-23(19-27(25)41-33)11-12-24-14-16-26-28(20-24)42-34(40-26)30-10-8-18-46(30)36(48)32(22(3)4)44-38(50)52-6/h13-16,19-22,29-32H,7-12,17-18H2,1-6H3,(H,39,41)(H,40,42)(H,43,49)(H,44,50)/t29-,30-,31-,32+/m0/s1. The van der Waals surface area contributed by atoms with Gasteiger partial charge in [0.2, 0.25) is 11.8 Å². The van der Waals surface area contributed by atoms with Crippen molar-refractivity contribution in [3.63, 3.8) is 0 Å². The first-order valence-corrected chi connectivity index (χ1v) is 18.2. The van der Waals surface area contributed by atoms with Crippen molar-refractivity contribution in [1.82, 2.24) is 40.4 Å². The van der Waals surface area contributed by atoms with Crippen LogP contribution in [0.1, 0.15) is 88.2 Å². The normalized spacial score (nSPS) is 18.7. The first kappa shape index (κ1) is 36.6. The summed E-state index contributed by atoms with van der Waals surface area (Å²) in [5.74, 6) is 1.03. The molecule has 2 aliphatic heterocycles. The summed E-state index contributed by atoms with van der Waals surface area (Å²) in [6, 6.07) is 10.7. The minimum atomic E-state index is -0.683. The Morgan fingerprint density at radius 2 is 1.12 bits per heavy atom. The van der Waals surface area contributed by atoms with Crippen molar-refractivity contribution in [3.05, 3.63) is 59.2 Å². The smallest absolute Gasteiger partial charge is 0.407 e. The highest BCUT2D eigenvalue weighted by atomic mass is 16.5. The molecule has 0 spiro atoms. The third kappa shape index (κ3) is 7.70. The maximum absolute atomic E-state index is 13.6. The number of carbonyl (C=O) groups excluding carboxylic acids is 4. The van der Waals surface area contributed by atoms with Crippen LogP contribution in [-0.4, -0.2) is 93.1 Å². The Morgan fingerprint density at radius 1 is 0.712 bits per heavy atom. The summed E-state index contributed by atoms with van der Waals surface area (Å²) >= 11 is 0. The number of methoxy groups -OCH3 is 2. The number of aromatic nitrogens is 4. The number of imidazole rings is 2. The number of rotatable bonds is 11. The summed E-state index contributed by atoms with van der Waals surface area (Å²) in [5, 5.41) is 5.40.